The number of para-hydroxylation sites is 1. The van der Waals surface area contributed by atoms with Crippen molar-refractivity contribution in [1.82, 2.24) is 24.5 Å². The van der Waals surface area contributed by atoms with Crippen molar-refractivity contribution in [2.45, 2.75) is 13.0 Å². The van der Waals surface area contributed by atoms with E-state index in [1.165, 1.54) is 0 Å². The molecule has 0 saturated carbocycles. The number of fused-ring (bicyclic) bond motifs is 2. The number of nitrogens with one attached hydrogen (secondary N) is 1. The highest BCUT2D eigenvalue weighted by atomic mass is 35.5. The van der Waals surface area contributed by atoms with Crippen LogP contribution in [0.5, 0.6) is 0 Å². The van der Waals surface area contributed by atoms with Crippen LogP contribution >= 0.6 is 11.6 Å². The molecule has 33 heavy (non-hydrogen) atoms. The van der Waals surface area contributed by atoms with Gasteiger partial charge in [-0.3, -0.25) is 4.79 Å². The van der Waals surface area contributed by atoms with Crippen molar-refractivity contribution >= 4 is 45.7 Å². The summed E-state index contributed by atoms with van der Waals surface area (Å²) < 4.78 is 1.76. The van der Waals surface area contributed by atoms with Crippen molar-refractivity contribution in [3.63, 3.8) is 0 Å². The van der Waals surface area contributed by atoms with Crippen molar-refractivity contribution in [3.8, 4) is 0 Å². The lowest BCUT2D eigenvalue weighted by atomic mass is 10.0. The van der Waals surface area contributed by atoms with Gasteiger partial charge in [-0.15, -0.1) is 0 Å². The molecule has 5 rings (SSSR count). The first-order valence-corrected chi connectivity index (χ1v) is 11.2. The number of hydrogen-bond acceptors (Lipinski definition) is 7. The van der Waals surface area contributed by atoms with Crippen LogP contribution in [0.25, 0.3) is 16.6 Å². The number of halogens is 1. The van der Waals surface area contributed by atoms with Gasteiger partial charge in [-0.25, -0.2) is 9.97 Å². The van der Waals surface area contributed by atoms with Crippen LogP contribution in [0.15, 0.2) is 48.8 Å². The zero-order chi connectivity index (χ0) is 22.9. The van der Waals surface area contributed by atoms with Crippen molar-refractivity contribution in [2.75, 3.05) is 43.0 Å². The molecule has 1 saturated heterocycles. The Balaban J connectivity index is 1.51. The standard InChI is InChI=1S/C23H24ClN7O2/c1-15(27-20-5-7-25-19-6-8-26-31(19)20)17-13-16-3-2-4-18(24)22(16)28-23(17)30-11-9-29(10-12-30)21(33)14-32/h2-8,13,15,27,32H,9-12,14H2,1H3/t15-/m0/s1. The Bertz CT molecular complexity index is 1320. The van der Waals surface area contributed by atoms with Gasteiger partial charge in [-0.2, -0.15) is 9.61 Å². The molecule has 1 aliphatic heterocycles. The lowest BCUT2D eigenvalue weighted by Gasteiger charge is -2.36. The van der Waals surface area contributed by atoms with E-state index in [4.69, 9.17) is 16.6 Å². The number of pyridine rings is 1. The lowest BCUT2D eigenvalue weighted by Crippen LogP contribution is -2.50. The number of hydrogen-bond donors (Lipinski definition) is 2. The molecule has 0 radical (unpaired) electrons. The van der Waals surface area contributed by atoms with Gasteiger partial charge in [-0.05, 0) is 25.1 Å². The summed E-state index contributed by atoms with van der Waals surface area (Å²) in [6.07, 6.45) is 3.47. The van der Waals surface area contributed by atoms with Gasteiger partial charge in [0.2, 0.25) is 5.91 Å². The summed E-state index contributed by atoms with van der Waals surface area (Å²) in [4.78, 5) is 25.0. The third-order valence-electron chi connectivity index (χ3n) is 5.99. The minimum atomic E-state index is -0.468. The summed E-state index contributed by atoms with van der Waals surface area (Å²) in [5.41, 5.74) is 2.53. The molecule has 4 heterocycles. The number of benzene rings is 1. The van der Waals surface area contributed by atoms with Crippen LogP contribution in [-0.4, -0.2) is 68.3 Å². The highest BCUT2D eigenvalue weighted by molar-refractivity contribution is 6.35. The molecule has 0 unspecified atom stereocenters. The summed E-state index contributed by atoms with van der Waals surface area (Å²) in [7, 11) is 0. The second kappa shape index (κ2) is 8.84. The molecule has 4 aromatic rings. The van der Waals surface area contributed by atoms with Crippen molar-refractivity contribution in [3.05, 3.63) is 59.4 Å². The number of rotatable bonds is 5. The van der Waals surface area contributed by atoms with Gasteiger partial charge >= 0.3 is 0 Å². The number of amides is 1. The van der Waals surface area contributed by atoms with Gasteiger partial charge in [0.15, 0.2) is 5.65 Å². The monoisotopic (exact) mass is 465 g/mol. The Labute approximate surface area is 195 Å². The van der Waals surface area contributed by atoms with Gasteiger partial charge in [0.05, 0.1) is 22.8 Å². The first-order valence-electron chi connectivity index (χ1n) is 10.8. The molecule has 1 aliphatic rings. The maximum atomic E-state index is 11.9. The number of piperazine rings is 1. The van der Waals surface area contributed by atoms with E-state index in [1.807, 2.05) is 30.3 Å². The van der Waals surface area contributed by atoms with Gasteiger partial charge in [0.25, 0.3) is 0 Å². The highest BCUT2D eigenvalue weighted by Crippen LogP contribution is 2.33. The second-order valence-corrected chi connectivity index (χ2v) is 8.44. The molecule has 0 spiro atoms. The van der Waals surface area contributed by atoms with Crippen LogP contribution in [0.3, 0.4) is 0 Å². The number of nitrogens with zero attached hydrogens (tertiary/aromatic N) is 6. The quantitative estimate of drug-likeness (QED) is 0.467. The van der Waals surface area contributed by atoms with E-state index in [-0.39, 0.29) is 11.9 Å². The van der Waals surface area contributed by atoms with Crippen LogP contribution < -0.4 is 10.2 Å². The van der Waals surface area contributed by atoms with Gasteiger partial charge < -0.3 is 20.2 Å². The van der Waals surface area contributed by atoms with E-state index in [9.17, 15) is 9.90 Å². The summed E-state index contributed by atoms with van der Waals surface area (Å²) in [6.45, 7) is 3.91. The van der Waals surface area contributed by atoms with Gasteiger partial charge in [0.1, 0.15) is 18.2 Å². The summed E-state index contributed by atoms with van der Waals surface area (Å²) in [6, 6.07) is 11.5. The number of aromatic nitrogens is 4. The number of anilines is 2. The third kappa shape index (κ3) is 4.05. The first-order chi connectivity index (χ1) is 16.0. The zero-order valence-corrected chi connectivity index (χ0v) is 18.9. The molecule has 3 aromatic heterocycles. The zero-order valence-electron chi connectivity index (χ0n) is 18.1. The van der Waals surface area contributed by atoms with Crippen molar-refractivity contribution in [1.29, 1.82) is 0 Å². The predicted octanol–water partition coefficient (Wildman–Crippen LogP) is 2.74. The minimum Gasteiger partial charge on any atom is -0.387 e. The number of carbonyl (C=O) groups is 1. The molecule has 1 amide bonds. The average Bonchev–Trinajstić information content (AvgIpc) is 3.33. The number of carbonyl (C=O) groups excluding carboxylic acids is 1. The Morgan fingerprint density at radius 1 is 1.18 bits per heavy atom. The second-order valence-electron chi connectivity index (χ2n) is 8.04. The minimum absolute atomic E-state index is 0.0946. The Morgan fingerprint density at radius 2 is 2.00 bits per heavy atom. The van der Waals surface area contributed by atoms with Crippen LogP contribution in [0.1, 0.15) is 18.5 Å². The highest BCUT2D eigenvalue weighted by Gasteiger charge is 2.25. The molecule has 1 fully saturated rings. The molecular weight excluding hydrogens is 442 g/mol. The maximum Gasteiger partial charge on any atom is 0.248 e. The molecule has 10 heteroatoms. The van der Waals surface area contributed by atoms with Crippen LogP contribution in [0.2, 0.25) is 5.02 Å². The Morgan fingerprint density at radius 3 is 2.79 bits per heavy atom. The van der Waals surface area contributed by atoms with E-state index in [0.717, 1.165) is 33.7 Å². The number of aliphatic hydroxyl groups excluding tert-OH is 1. The largest absolute Gasteiger partial charge is 0.387 e. The fourth-order valence-corrected chi connectivity index (χ4v) is 4.48. The third-order valence-corrected chi connectivity index (χ3v) is 6.30. The number of aliphatic hydroxyl groups is 1. The molecule has 2 N–H and O–H groups in total. The fourth-order valence-electron chi connectivity index (χ4n) is 4.25. The van der Waals surface area contributed by atoms with E-state index < -0.39 is 6.61 Å². The molecule has 1 aromatic carbocycles. The van der Waals surface area contributed by atoms with E-state index in [2.05, 4.69) is 33.3 Å². The Kier molecular flexibility index (Phi) is 5.74. The fraction of sp³-hybridized carbons (Fsp3) is 0.304. The average molecular weight is 466 g/mol. The smallest absolute Gasteiger partial charge is 0.248 e. The van der Waals surface area contributed by atoms with E-state index in [0.29, 0.717) is 31.2 Å². The molecule has 1 atom stereocenters. The topological polar surface area (TPSA) is 98.9 Å². The lowest BCUT2D eigenvalue weighted by molar-refractivity contribution is -0.134. The molecule has 170 valence electrons. The van der Waals surface area contributed by atoms with Crippen LogP contribution in [-0.2, 0) is 4.79 Å². The van der Waals surface area contributed by atoms with Crippen LogP contribution in [0.4, 0.5) is 11.6 Å². The normalized spacial score (nSPS) is 15.2. The van der Waals surface area contributed by atoms with Gasteiger partial charge in [0, 0.05) is 49.4 Å². The molecule has 0 aliphatic carbocycles. The summed E-state index contributed by atoms with van der Waals surface area (Å²) in [5, 5.41) is 18.7. The van der Waals surface area contributed by atoms with Crippen molar-refractivity contribution < 1.29 is 9.90 Å². The molecule has 9 nitrogen and oxygen atoms in total. The maximum absolute atomic E-state index is 11.9. The van der Waals surface area contributed by atoms with Crippen LogP contribution in [0, 0.1) is 0 Å². The predicted molar refractivity (Wildman–Crippen MR) is 128 cm³/mol. The summed E-state index contributed by atoms with van der Waals surface area (Å²) >= 11 is 6.47. The summed E-state index contributed by atoms with van der Waals surface area (Å²) in [5.74, 6) is 1.41. The van der Waals surface area contributed by atoms with Gasteiger partial charge in [-0.1, -0.05) is 23.7 Å². The Hall–Kier alpha value is -3.43. The van der Waals surface area contributed by atoms with E-state index in [1.54, 1.807) is 21.8 Å². The van der Waals surface area contributed by atoms with Crippen molar-refractivity contribution in [2.24, 2.45) is 0 Å². The van der Waals surface area contributed by atoms with E-state index >= 15 is 0 Å². The molecule has 0 bridgehead atoms. The molecular formula is C23H24ClN7O2. The SMILES string of the molecule is C[C@H](Nc1ccnc2ccnn12)c1cc2cccc(Cl)c2nc1N1CCN(C(=O)CO)CC1. The first kappa shape index (κ1) is 21.4.